The summed E-state index contributed by atoms with van der Waals surface area (Å²) >= 11 is 0. The van der Waals surface area contributed by atoms with E-state index < -0.39 is 0 Å². The van der Waals surface area contributed by atoms with E-state index in [2.05, 4.69) is 12.2 Å². The molecule has 0 aromatic heterocycles. The van der Waals surface area contributed by atoms with Crippen molar-refractivity contribution in [3.63, 3.8) is 0 Å². The van der Waals surface area contributed by atoms with Crippen LogP contribution in [0.25, 0.3) is 0 Å². The fourth-order valence-corrected chi connectivity index (χ4v) is 3.04. The predicted molar refractivity (Wildman–Crippen MR) is 82.3 cm³/mol. The van der Waals surface area contributed by atoms with Crippen LogP contribution in [0.5, 0.6) is 11.5 Å². The monoisotopic (exact) mass is 305 g/mol. The highest BCUT2D eigenvalue weighted by molar-refractivity contribution is 5.94. The van der Waals surface area contributed by atoms with Crippen LogP contribution in [0.3, 0.4) is 0 Å². The zero-order valence-corrected chi connectivity index (χ0v) is 13.0. The molecule has 1 heterocycles. The summed E-state index contributed by atoms with van der Waals surface area (Å²) in [5.74, 6) is 1.82. The van der Waals surface area contributed by atoms with Gasteiger partial charge in [0.25, 0.3) is 5.91 Å². The lowest BCUT2D eigenvalue weighted by atomic mass is 9.88. The topological polar surface area (TPSA) is 56.8 Å². The molecule has 0 unspecified atom stereocenters. The zero-order valence-electron chi connectivity index (χ0n) is 13.0. The molecule has 1 N–H and O–H groups in total. The van der Waals surface area contributed by atoms with Crippen molar-refractivity contribution in [1.82, 2.24) is 5.32 Å². The summed E-state index contributed by atoms with van der Waals surface area (Å²) in [4.78, 5) is 12.1. The summed E-state index contributed by atoms with van der Waals surface area (Å²) in [7, 11) is 0. The molecule has 0 radical (unpaired) electrons. The molecule has 1 saturated carbocycles. The number of benzene rings is 1. The van der Waals surface area contributed by atoms with Crippen LogP contribution in [0.1, 0.15) is 43.0 Å². The van der Waals surface area contributed by atoms with Crippen molar-refractivity contribution >= 4 is 5.91 Å². The standard InChI is InChI=1S/C17H23NO4/c1-12-4-2-3-5-14(12)20-9-8-18-17(19)13-6-7-15-16(10-13)22-11-21-15/h6-7,10,12,14H,2-5,8-9,11H2,1H3,(H,18,19)/t12-,14-/m1/s1. The van der Waals surface area contributed by atoms with Gasteiger partial charge in [0.1, 0.15) is 0 Å². The van der Waals surface area contributed by atoms with Crippen LogP contribution in [0.4, 0.5) is 0 Å². The molecule has 0 bridgehead atoms. The van der Waals surface area contributed by atoms with Crippen molar-refractivity contribution in [2.45, 2.75) is 38.7 Å². The number of carbonyl (C=O) groups excluding carboxylic acids is 1. The van der Waals surface area contributed by atoms with Gasteiger partial charge in [-0.15, -0.1) is 0 Å². The van der Waals surface area contributed by atoms with Crippen LogP contribution >= 0.6 is 0 Å². The Balaban J connectivity index is 1.42. The smallest absolute Gasteiger partial charge is 0.251 e. The zero-order chi connectivity index (χ0) is 15.4. The van der Waals surface area contributed by atoms with Gasteiger partial charge in [0.15, 0.2) is 11.5 Å². The summed E-state index contributed by atoms with van der Waals surface area (Å²) < 4.78 is 16.4. The fraction of sp³-hybridized carbons (Fsp3) is 0.588. The first-order chi connectivity index (χ1) is 10.7. The number of fused-ring (bicyclic) bond motifs is 1. The Morgan fingerprint density at radius 2 is 2.09 bits per heavy atom. The quantitative estimate of drug-likeness (QED) is 0.850. The molecule has 2 aliphatic rings. The maximum absolute atomic E-state index is 12.1. The molecule has 5 heteroatoms. The third kappa shape index (κ3) is 3.53. The second kappa shape index (κ2) is 7.01. The van der Waals surface area contributed by atoms with E-state index >= 15 is 0 Å². The second-order valence-corrected chi connectivity index (χ2v) is 5.99. The highest BCUT2D eigenvalue weighted by Crippen LogP contribution is 2.32. The number of rotatable bonds is 5. The van der Waals surface area contributed by atoms with E-state index in [4.69, 9.17) is 14.2 Å². The molecule has 1 fully saturated rings. The van der Waals surface area contributed by atoms with Gasteiger partial charge in [0.2, 0.25) is 6.79 Å². The van der Waals surface area contributed by atoms with Gasteiger partial charge in [-0.2, -0.15) is 0 Å². The van der Waals surface area contributed by atoms with E-state index in [1.807, 2.05) is 0 Å². The first-order valence-electron chi connectivity index (χ1n) is 8.03. The molecule has 0 saturated heterocycles. The maximum Gasteiger partial charge on any atom is 0.251 e. The van der Waals surface area contributed by atoms with Gasteiger partial charge in [-0.25, -0.2) is 0 Å². The Morgan fingerprint density at radius 3 is 2.95 bits per heavy atom. The SMILES string of the molecule is C[C@@H]1CCCC[C@H]1OCCNC(=O)c1ccc2c(c1)OCO2. The van der Waals surface area contributed by atoms with E-state index in [9.17, 15) is 4.79 Å². The van der Waals surface area contributed by atoms with E-state index in [0.717, 1.165) is 6.42 Å². The lowest BCUT2D eigenvalue weighted by Gasteiger charge is -2.28. The first kappa shape index (κ1) is 15.2. The van der Waals surface area contributed by atoms with Gasteiger partial charge in [-0.3, -0.25) is 4.79 Å². The molecule has 5 nitrogen and oxygen atoms in total. The third-order valence-electron chi connectivity index (χ3n) is 4.39. The van der Waals surface area contributed by atoms with E-state index in [-0.39, 0.29) is 12.7 Å². The molecule has 22 heavy (non-hydrogen) atoms. The first-order valence-corrected chi connectivity index (χ1v) is 8.03. The van der Waals surface area contributed by atoms with Gasteiger partial charge >= 0.3 is 0 Å². The molecular formula is C17H23NO4. The molecule has 1 aliphatic heterocycles. The molecule has 1 aromatic carbocycles. The number of hydrogen-bond donors (Lipinski definition) is 1. The summed E-state index contributed by atoms with van der Waals surface area (Å²) in [5, 5.41) is 2.88. The number of carbonyl (C=O) groups is 1. The summed E-state index contributed by atoms with van der Waals surface area (Å²) in [6, 6.07) is 5.21. The van der Waals surface area contributed by atoms with Crippen LogP contribution in [-0.4, -0.2) is 32.0 Å². The van der Waals surface area contributed by atoms with E-state index in [0.29, 0.717) is 42.2 Å². The van der Waals surface area contributed by atoms with Gasteiger partial charge in [0, 0.05) is 12.1 Å². The number of hydrogen-bond acceptors (Lipinski definition) is 4. The Hall–Kier alpha value is -1.75. The average molecular weight is 305 g/mol. The van der Waals surface area contributed by atoms with Gasteiger partial charge in [0.05, 0.1) is 12.7 Å². The molecule has 1 amide bonds. The van der Waals surface area contributed by atoms with Crippen molar-refractivity contribution < 1.29 is 19.0 Å². The minimum atomic E-state index is -0.112. The van der Waals surface area contributed by atoms with Crippen LogP contribution in [0.15, 0.2) is 18.2 Å². The van der Waals surface area contributed by atoms with Crippen molar-refractivity contribution in [2.75, 3.05) is 19.9 Å². The van der Waals surface area contributed by atoms with Crippen molar-refractivity contribution in [2.24, 2.45) is 5.92 Å². The summed E-state index contributed by atoms with van der Waals surface area (Å²) in [6.07, 6.45) is 5.28. The molecule has 3 rings (SSSR count). The van der Waals surface area contributed by atoms with Crippen molar-refractivity contribution in [1.29, 1.82) is 0 Å². The van der Waals surface area contributed by atoms with Gasteiger partial charge < -0.3 is 19.5 Å². The Labute approximate surface area is 130 Å². The number of ether oxygens (including phenoxy) is 3. The summed E-state index contributed by atoms with van der Waals surface area (Å²) in [5.41, 5.74) is 0.579. The lowest BCUT2D eigenvalue weighted by molar-refractivity contribution is -0.00293. The van der Waals surface area contributed by atoms with Crippen LogP contribution in [0, 0.1) is 5.92 Å². The Bertz CT molecular complexity index is 531. The second-order valence-electron chi connectivity index (χ2n) is 5.99. The average Bonchev–Trinajstić information content (AvgIpc) is 3.00. The highest BCUT2D eigenvalue weighted by Gasteiger charge is 2.21. The van der Waals surface area contributed by atoms with Crippen LogP contribution < -0.4 is 14.8 Å². The minimum Gasteiger partial charge on any atom is -0.454 e. The van der Waals surface area contributed by atoms with Crippen molar-refractivity contribution in [3.8, 4) is 11.5 Å². The summed E-state index contributed by atoms with van der Waals surface area (Å²) in [6.45, 7) is 3.55. The molecule has 1 aromatic rings. The maximum atomic E-state index is 12.1. The number of amides is 1. The fourth-order valence-electron chi connectivity index (χ4n) is 3.04. The molecular weight excluding hydrogens is 282 g/mol. The molecule has 120 valence electrons. The Morgan fingerprint density at radius 1 is 1.27 bits per heavy atom. The molecule has 1 aliphatic carbocycles. The van der Waals surface area contributed by atoms with Crippen molar-refractivity contribution in [3.05, 3.63) is 23.8 Å². The third-order valence-corrected chi connectivity index (χ3v) is 4.39. The Kier molecular flexibility index (Phi) is 4.83. The highest BCUT2D eigenvalue weighted by atomic mass is 16.7. The number of nitrogens with one attached hydrogen (secondary N) is 1. The largest absolute Gasteiger partial charge is 0.454 e. The molecule has 0 spiro atoms. The van der Waals surface area contributed by atoms with Crippen LogP contribution in [0.2, 0.25) is 0 Å². The normalized spacial score (nSPS) is 23.3. The van der Waals surface area contributed by atoms with E-state index in [1.54, 1.807) is 18.2 Å². The minimum absolute atomic E-state index is 0.112. The van der Waals surface area contributed by atoms with Gasteiger partial charge in [-0.1, -0.05) is 19.8 Å². The van der Waals surface area contributed by atoms with Gasteiger partial charge in [-0.05, 0) is 37.0 Å². The lowest BCUT2D eigenvalue weighted by Crippen LogP contribution is -2.31. The van der Waals surface area contributed by atoms with Crippen LogP contribution in [-0.2, 0) is 4.74 Å². The predicted octanol–water partition coefficient (Wildman–Crippen LogP) is 2.74. The molecule has 2 atom stereocenters. The van der Waals surface area contributed by atoms with E-state index in [1.165, 1.54) is 19.3 Å².